The second kappa shape index (κ2) is 4.50. The van der Waals surface area contributed by atoms with E-state index in [1.54, 1.807) is 6.07 Å². The first kappa shape index (κ1) is 11.4. The number of ether oxygens (including phenoxy) is 1. The Bertz CT molecular complexity index is 418. The van der Waals surface area contributed by atoms with Crippen molar-refractivity contribution in [3.05, 3.63) is 29.6 Å². The number of thioether (sulfide) groups is 1. The predicted molar refractivity (Wildman–Crippen MR) is 65.8 cm³/mol. The average Bonchev–Trinajstić information content (AvgIpc) is 2.83. The summed E-state index contributed by atoms with van der Waals surface area (Å²) in [5.41, 5.74) is 0.590. The maximum absolute atomic E-state index is 13.1. The van der Waals surface area contributed by atoms with Crippen molar-refractivity contribution in [1.29, 1.82) is 0 Å². The van der Waals surface area contributed by atoms with Gasteiger partial charge in [0, 0.05) is 17.9 Å². The first-order valence-electron chi connectivity index (χ1n) is 5.96. The van der Waals surface area contributed by atoms with Crippen LogP contribution in [-0.4, -0.2) is 22.7 Å². The van der Waals surface area contributed by atoms with E-state index in [4.69, 9.17) is 4.74 Å². The lowest BCUT2D eigenvalue weighted by Gasteiger charge is -2.32. The van der Waals surface area contributed by atoms with Gasteiger partial charge >= 0.3 is 0 Å². The van der Waals surface area contributed by atoms with E-state index in [1.807, 2.05) is 11.8 Å². The molecule has 0 bridgehead atoms. The Morgan fingerprint density at radius 1 is 1.41 bits per heavy atom. The number of aliphatic hydroxyl groups is 1. The zero-order valence-electron chi connectivity index (χ0n) is 9.43. The molecule has 1 saturated heterocycles. The first-order chi connectivity index (χ1) is 8.24. The van der Waals surface area contributed by atoms with Crippen molar-refractivity contribution in [3.8, 4) is 5.75 Å². The molecule has 1 N–H and O–H groups in total. The fourth-order valence-corrected chi connectivity index (χ4v) is 3.90. The number of aliphatic hydroxyl groups excluding tert-OH is 1. The summed E-state index contributed by atoms with van der Waals surface area (Å²) in [5, 5.41) is 10.1. The van der Waals surface area contributed by atoms with E-state index in [9.17, 15) is 9.50 Å². The highest BCUT2D eigenvalue weighted by Crippen LogP contribution is 2.40. The summed E-state index contributed by atoms with van der Waals surface area (Å²) in [7, 11) is 0. The van der Waals surface area contributed by atoms with Gasteiger partial charge in [-0.2, -0.15) is 11.8 Å². The van der Waals surface area contributed by atoms with Crippen LogP contribution in [0.5, 0.6) is 5.75 Å². The standard InChI is InChI=1S/C13H15FO2S/c14-9-1-2-12-10(5-9)11(15)6-13(16-12)8-3-4-17-7-8/h1-2,5,8,11,13,15H,3-4,6-7H2. The topological polar surface area (TPSA) is 29.5 Å². The van der Waals surface area contributed by atoms with Crippen LogP contribution in [0.15, 0.2) is 18.2 Å². The molecule has 1 aromatic rings. The van der Waals surface area contributed by atoms with Crippen LogP contribution >= 0.6 is 11.8 Å². The van der Waals surface area contributed by atoms with Crippen LogP contribution < -0.4 is 4.74 Å². The molecular weight excluding hydrogens is 239 g/mol. The molecule has 3 atom stereocenters. The van der Waals surface area contributed by atoms with Gasteiger partial charge in [-0.1, -0.05) is 0 Å². The van der Waals surface area contributed by atoms with Crippen molar-refractivity contribution in [1.82, 2.24) is 0 Å². The highest BCUT2D eigenvalue weighted by molar-refractivity contribution is 7.99. The average molecular weight is 254 g/mol. The molecular formula is C13H15FO2S. The Labute approximate surface area is 104 Å². The molecule has 2 heterocycles. The molecule has 17 heavy (non-hydrogen) atoms. The van der Waals surface area contributed by atoms with E-state index in [1.165, 1.54) is 17.9 Å². The maximum atomic E-state index is 13.1. The molecule has 2 aliphatic rings. The lowest BCUT2D eigenvalue weighted by atomic mass is 9.91. The number of fused-ring (bicyclic) bond motifs is 1. The Morgan fingerprint density at radius 3 is 3.06 bits per heavy atom. The van der Waals surface area contributed by atoms with E-state index in [-0.39, 0.29) is 11.9 Å². The molecule has 0 saturated carbocycles. The minimum atomic E-state index is -0.593. The number of hydrogen-bond donors (Lipinski definition) is 1. The van der Waals surface area contributed by atoms with Gasteiger partial charge in [-0.15, -0.1) is 0 Å². The van der Waals surface area contributed by atoms with Crippen LogP contribution in [0.3, 0.4) is 0 Å². The monoisotopic (exact) mass is 254 g/mol. The molecule has 0 aromatic heterocycles. The molecule has 3 rings (SSSR count). The Morgan fingerprint density at radius 2 is 2.29 bits per heavy atom. The smallest absolute Gasteiger partial charge is 0.125 e. The van der Waals surface area contributed by atoms with Crippen molar-refractivity contribution in [2.45, 2.75) is 25.0 Å². The minimum Gasteiger partial charge on any atom is -0.490 e. The van der Waals surface area contributed by atoms with E-state index in [2.05, 4.69) is 0 Å². The third-order valence-electron chi connectivity index (χ3n) is 3.56. The van der Waals surface area contributed by atoms with Gasteiger partial charge < -0.3 is 9.84 Å². The van der Waals surface area contributed by atoms with Crippen LogP contribution in [0.1, 0.15) is 24.5 Å². The molecule has 0 radical (unpaired) electrons. The molecule has 1 aromatic carbocycles. The third kappa shape index (κ3) is 2.16. The number of rotatable bonds is 1. The second-order valence-corrected chi connectivity index (χ2v) is 5.86. The van der Waals surface area contributed by atoms with Crippen LogP contribution in [-0.2, 0) is 0 Å². The quantitative estimate of drug-likeness (QED) is 0.835. The molecule has 2 nitrogen and oxygen atoms in total. The third-order valence-corrected chi connectivity index (χ3v) is 4.74. The number of halogens is 1. The maximum Gasteiger partial charge on any atom is 0.125 e. The lowest BCUT2D eigenvalue weighted by Crippen LogP contribution is -2.32. The molecule has 3 unspecified atom stereocenters. The molecule has 4 heteroatoms. The summed E-state index contributed by atoms with van der Waals surface area (Å²) in [4.78, 5) is 0. The van der Waals surface area contributed by atoms with Crippen LogP contribution in [0.2, 0.25) is 0 Å². The fraction of sp³-hybridized carbons (Fsp3) is 0.538. The fourth-order valence-electron chi connectivity index (χ4n) is 2.58. The highest BCUT2D eigenvalue weighted by Gasteiger charge is 2.34. The zero-order valence-corrected chi connectivity index (χ0v) is 10.3. The molecule has 1 fully saturated rings. The van der Waals surface area contributed by atoms with Crippen LogP contribution in [0.25, 0.3) is 0 Å². The molecule has 2 aliphatic heterocycles. The first-order valence-corrected chi connectivity index (χ1v) is 7.11. The summed E-state index contributed by atoms with van der Waals surface area (Å²) in [6, 6.07) is 4.39. The Hall–Kier alpha value is -0.740. The van der Waals surface area contributed by atoms with Crippen molar-refractivity contribution in [3.63, 3.8) is 0 Å². The SMILES string of the molecule is OC1CC(C2CCSC2)Oc2ccc(F)cc21. The van der Waals surface area contributed by atoms with Gasteiger partial charge in [0.2, 0.25) is 0 Å². The summed E-state index contributed by atoms with van der Waals surface area (Å²) >= 11 is 1.94. The Kier molecular flexibility index (Phi) is 3.01. The summed E-state index contributed by atoms with van der Waals surface area (Å²) < 4.78 is 19.0. The molecule has 0 aliphatic carbocycles. The van der Waals surface area contributed by atoms with E-state index in [0.29, 0.717) is 23.7 Å². The van der Waals surface area contributed by atoms with E-state index < -0.39 is 6.10 Å². The zero-order chi connectivity index (χ0) is 11.8. The second-order valence-electron chi connectivity index (χ2n) is 4.71. The minimum absolute atomic E-state index is 0.0814. The van der Waals surface area contributed by atoms with Gasteiger partial charge in [-0.3, -0.25) is 0 Å². The van der Waals surface area contributed by atoms with E-state index in [0.717, 1.165) is 12.2 Å². The summed E-state index contributed by atoms with van der Waals surface area (Å²) in [5.74, 6) is 3.13. The molecule has 92 valence electrons. The van der Waals surface area contributed by atoms with Crippen LogP contribution in [0, 0.1) is 11.7 Å². The van der Waals surface area contributed by atoms with E-state index >= 15 is 0 Å². The predicted octanol–water partition coefficient (Wildman–Crippen LogP) is 2.76. The van der Waals surface area contributed by atoms with Gasteiger partial charge in [0.1, 0.15) is 17.7 Å². The Balaban J connectivity index is 1.84. The van der Waals surface area contributed by atoms with Gasteiger partial charge in [0.05, 0.1) is 6.10 Å². The summed E-state index contributed by atoms with van der Waals surface area (Å²) in [6.45, 7) is 0. The van der Waals surface area contributed by atoms with Crippen molar-refractivity contribution < 1.29 is 14.2 Å². The van der Waals surface area contributed by atoms with Gasteiger partial charge in [-0.05, 0) is 36.1 Å². The summed E-state index contributed by atoms with van der Waals surface area (Å²) in [6.07, 6.45) is 1.23. The van der Waals surface area contributed by atoms with Crippen molar-refractivity contribution >= 4 is 11.8 Å². The number of hydrogen-bond acceptors (Lipinski definition) is 3. The largest absolute Gasteiger partial charge is 0.490 e. The van der Waals surface area contributed by atoms with Gasteiger partial charge in [0.15, 0.2) is 0 Å². The molecule has 0 amide bonds. The highest BCUT2D eigenvalue weighted by atomic mass is 32.2. The number of benzene rings is 1. The van der Waals surface area contributed by atoms with Gasteiger partial charge in [0.25, 0.3) is 0 Å². The lowest BCUT2D eigenvalue weighted by molar-refractivity contribution is 0.0399. The van der Waals surface area contributed by atoms with Crippen molar-refractivity contribution in [2.75, 3.05) is 11.5 Å². The van der Waals surface area contributed by atoms with Crippen LogP contribution in [0.4, 0.5) is 4.39 Å². The normalized spacial score (nSPS) is 32.0. The van der Waals surface area contributed by atoms with Crippen molar-refractivity contribution in [2.24, 2.45) is 5.92 Å². The molecule has 0 spiro atoms. The van der Waals surface area contributed by atoms with Gasteiger partial charge in [-0.25, -0.2) is 4.39 Å².